The number of nitrogens with zero attached hydrogens (tertiary/aromatic N) is 1. The zero-order valence-corrected chi connectivity index (χ0v) is 15.3. The molecule has 6 nitrogen and oxygen atoms in total. The van der Waals surface area contributed by atoms with E-state index in [0.717, 1.165) is 12.0 Å². The van der Waals surface area contributed by atoms with Gasteiger partial charge >= 0.3 is 0 Å². The summed E-state index contributed by atoms with van der Waals surface area (Å²) in [5, 5.41) is 4.00. The summed E-state index contributed by atoms with van der Waals surface area (Å²) in [5.41, 5.74) is 3.77. The van der Waals surface area contributed by atoms with Crippen LogP contribution in [0, 0.1) is 0 Å². The van der Waals surface area contributed by atoms with E-state index in [2.05, 4.69) is 10.5 Å². The Morgan fingerprint density at radius 1 is 1.12 bits per heavy atom. The number of nitrogens with one attached hydrogen (secondary N) is 1. The van der Waals surface area contributed by atoms with Crippen LogP contribution in [-0.2, 0) is 0 Å². The molecule has 1 amide bonds. The maximum absolute atomic E-state index is 12.1. The van der Waals surface area contributed by atoms with Crippen molar-refractivity contribution in [2.45, 2.75) is 20.3 Å². The van der Waals surface area contributed by atoms with Crippen LogP contribution in [0.15, 0.2) is 47.6 Å². The van der Waals surface area contributed by atoms with Crippen molar-refractivity contribution in [2.75, 3.05) is 20.3 Å². The average Bonchev–Trinajstić information content (AvgIpc) is 2.67. The van der Waals surface area contributed by atoms with Crippen LogP contribution in [0.3, 0.4) is 0 Å². The highest BCUT2D eigenvalue weighted by Gasteiger charge is 2.07. The van der Waals surface area contributed by atoms with Crippen molar-refractivity contribution in [2.24, 2.45) is 5.10 Å². The van der Waals surface area contributed by atoms with Crippen LogP contribution in [0.1, 0.15) is 36.2 Å². The molecular weight excluding hydrogens is 332 g/mol. The van der Waals surface area contributed by atoms with Crippen LogP contribution in [0.5, 0.6) is 17.2 Å². The second-order valence-corrected chi connectivity index (χ2v) is 5.42. The first-order valence-corrected chi connectivity index (χ1v) is 8.55. The fourth-order valence-corrected chi connectivity index (χ4v) is 2.20. The summed E-state index contributed by atoms with van der Waals surface area (Å²) >= 11 is 0. The molecule has 0 radical (unpaired) electrons. The van der Waals surface area contributed by atoms with E-state index in [1.165, 1.54) is 0 Å². The number of benzene rings is 2. The number of rotatable bonds is 9. The molecule has 0 bridgehead atoms. The lowest BCUT2D eigenvalue weighted by molar-refractivity contribution is 0.0955. The molecule has 0 saturated carbocycles. The fourth-order valence-electron chi connectivity index (χ4n) is 2.20. The first kappa shape index (κ1) is 19.3. The van der Waals surface area contributed by atoms with Gasteiger partial charge in [-0.05, 0) is 55.3 Å². The number of hydrazone groups is 1. The number of carbonyl (C=O) groups excluding carboxylic acids is 1. The van der Waals surface area contributed by atoms with Gasteiger partial charge in [0.2, 0.25) is 0 Å². The van der Waals surface area contributed by atoms with Crippen LogP contribution in [-0.4, -0.2) is 32.4 Å². The second kappa shape index (κ2) is 10.1. The molecule has 1 N–H and O–H groups in total. The van der Waals surface area contributed by atoms with Crippen molar-refractivity contribution in [1.29, 1.82) is 0 Å². The van der Waals surface area contributed by atoms with Gasteiger partial charge in [-0.1, -0.05) is 13.0 Å². The minimum absolute atomic E-state index is 0.312. The molecule has 0 aliphatic rings. The molecule has 2 aromatic rings. The molecule has 0 fully saturated rings. The van der Waals surface area contributed by atoms with E-state index in [1.54, 1.807) is 37.6 Å². The van der Waals surface area contributed by atoms with Gasteiger partial charge in [0.15, 0.2) is 11.5 Å². The molecule has 0 aliphatic heterocycles. The molecule has 0 aliphatic carbocycles. The zero-order chi connectivity index (χ0) is 18.8. The highest BCUT2D eigenvalue weighted by Crippen LogP contribution is 2.28. The van der Waals surface area contributed by atoms with Gasteiger partial charge in [0, 0.05) is 5.56 Å². The summed E-state index contributed by atoms with van der Waals surface area (Å²) in [6.07, 6.45) is 2.48. The van der Waals surface area contributed by atoms with Crippen LogP contribution >= 0.6 is 0 Å². The Bertz CT molecular complexity index is 759. The number of hydrogen-bond acceptors (Lipinski definition) is 5. The number of ether oxygens (including phenoxy) is 3. The third-order valence-corrected chi connectivity index (χ3v) is 3.44. The van der Waals surface area contributed by atoms with Gasteiger partial charge in [-0.3, -0.25) is 4.79 Å². The van der Waals surface area contributed by atoms with E-state index in [9.17, 15) is 4.79 Å². The van der Waals surface area contributed by atoms with Crippen LogP contribution in [0.2, 0.25) is 0 Å². The van der Waals surface area contributed by atoms with Crippen LogP contribution in [0.4, 0.5) is 0 Å². The minimum atomic E-state index is -0.312. The largest absolute Gasteiger partial charge is 0.497 e. The molecule has 2 aromatic carbocycles. The quantitative estimate of drug-likeness (QED) is 0.550. The SMILES string of the molecule is CCCOc1ccc(/C=N/NC(=O)c2cccc(OC)c2)cc1OCC. The molecule has 0 unspecified atom stereocenters. The number of amides is 1. The fraction of sp³-hybridized carbons (Fsp3) is 0.300. The third kappa shape index (κ3) is 5.51. The molecule has 6 heteroatoms. The molecule has 0 atom stereocenters. The summed E-state index contributed by atoms with van der Waals surface area (Å²) in [7, 11) is 1.55. The number of methoxy groups -OCH3 is 1. The van der Waals surface area contributed by atoms with E-state index in [-0.39, 0.29) is 5.91 Å². The van der Waals surface area contributed by atoms with Gasteiger partial charge in [-0.2, -0.15) is 5.10 Å². The van der Waals surface area contributed by atoms with E-state index in [0.29, 0.717) is 36.0 Å². The lowest BCUT2D eigenvalue weighted by Gasteiger charge is -2.11. The maximum Gasteiger partial charge on any atom is 0.271 e. The first-order valence-electron chi connectivity index (χ1n) is 8.55. The van der Waals surface area contributed by atoms with Gasteiger partial charge in [-0.15, -0.1) is 0 Å². The molecule has 26 heavy (non-hydrogen) atoms. The van der Waals surface area contributed by atoms with Gasteiger partial charge < -0.3 is 14.2 Å². The monoisotopic (exact) mass is 356 g/mol. The first-order chi connectivity index (χ1) is 12.7. The molecule has 0 saturated heterocycles. The summed E-state index contributed by atoms with van der Waals surface area (Å²) in [6.45, 7) is 5.13. The minimum Gasteiger partial charge on any atom is -0.497 e. The summed E-state index contributed by atoms with van der Waals surface area (Å²) in [5.74, 6) is 1.66. The summed E-state index contributed by atoms with van der Waals surface area (Å²) < 4.78 is 16.4. The zero-order valence-electron chi connectivity index (χ0n) is 15.3. The van der Waals surface area contributed by atoms with Crippen molar-refractivity contribution >= 4 is 12.1 Å². The molecule has 0 heterocycles. The second-order valence-electron chi connectivity index (χ2n) is 5.42. The number of carbonyl (C=O) groups is 1. The third-order valence-electron chi connectivity index (χ3n) is 3.44. The van der Waals surface area contributed by atoms with Crippen molar-refractivity contribution in [3.8, 4) is 17.2 Å². The van der Waals surface area contributed by atoms with E-state index >= 15 is 0 Å². The Labute approximate surface area is 153 Å². The lowest BCUT2D eigenvalue weighted by Crippen LogP contribution is -2.17. The Kier molecular flexibility index (Phi) is 7.49. The molecule has 2 rings (SSSR count). The van der Waals surface area contributed by atoms with Crippen molar-refractivity contribution in [1.82, 2.24) is 5.43 Å². The molecular formula is C20H24N2O4. The molecule has 0 spiro atoms. The lowest BCUT2D eigenvalue weighted by atomic mass is 10.2. The Morgan fingerprint density at radius 3 is 2.69 bits per heavy atom. The Morgan fingerprint density at radius 2 is 1.96 bits per heavy atom. The van der Waals surface area contributed by atoms with Crippen LogP contribution in [0.25, 0.3) is 0 Å². The predicted octanol–water partition coefficient (Wildman–Crippen LogP) is 3.65. The van der Waals surface area contributed by atoms with Gasteiger partial charge in [0.25, 0.3) is 5.91 Å². The van der Waals surface area contributed by atoms with Crippen molar-refractivity contribution in [3.05, 3.63) is 53.6 Å². The van der Waals surface area contributed by atoms with Gasteiger partial charge in [-0.25, -0.2) is 5.43 Å². The topological polar surface area (TPSA) is 69.2 Å². The number of hydrogen-bond donors (Lipinski definition) is 1. The van der Waals surface area contributed by atoms with Gasteiger partial charge in [0.05, 0.1) is 26.5 Å². The highest BCUT2D eigenvalue weighted by molar-refractivity contribution is 5.95. The maximum atomic E-state index is 12.1. The van der Waals surface area contributed by atoms with E-state index in [4.69, 9.17) is 14.2 Å². The summed E-state index contributed by atoms with van der Waals surface area (Å²) in [4.78, 5) is 12.1. The smallest absolute Gasteiger partial charge is 0.271 e. The standard InChI is InChI=1S/C20H24N2O4/c1-4-11-26-18-10-9-15(12-19(18)25-5-2)14-21-22-20(23)16-7-6-8-17(13-16)24-3/h6-10,12-14H,4-5,11H2,1-3H3,(H,22,23)/b21-14+. The van der Waals surface area contributed by atoms with Crippen LogP contribution < -0.4 is 19.6 Å². The molecule has 138 valence electrons. The van der Waals surface area contributed by atoms with Crippen molar-refractivity contribution in [3.63, 3.8) is 0 Å². The average molecular weight is 356 g/mol. The Balaban J connectivity index is 2.04. The van der Waals surface area contributed by atoms with Crippen molar-refractivity contribution < 1.29 is 19.0 Å². The molecule has 0 aromatic heterocycles. The normalized spacial score (nSPS) is 10.6. The van der Waals surface area contributed by atoms with E-state index in [1.807, 2.05) is 32.0 Å². The van der Waals surface area contributed by atoms with Gasteiger partial charge in [0.1, 0.15) is 5.75 Å². The highest BCUT2D eigenvalue weighted by atomic mass is 16.5. The summed E-state index contributed by atoms with van der Waals surface area (Å²) in [6, 6.07) is 12.4. The predicted molar refractivity (Wildman–Crippen MR) is 101 cm³/mol. The van der Waals surface area contributed by atoms with E-state index < -0.39 is 0 Å². The Hall–Kier alpha value is -3.02.